The molecule has 0 atom stereocenters. The zero-order valence-corrected chi connectivity index (χ0v) is 29.5. The first-order valence-electron chi connectivity index (χ1n) is 17.6. The number of unbranched alkanes of at least 4 members (excludes halogenated alkanes) is 10. The summed E-state index contributed by atoms with van der Waals surface area (Å²) in [5, 5.41) is 28.5. The second kappa shape index (κ2) is 22.3. The molecule has 0 bridgehead atoms. The van der Waals surface area contributed by atoms with Crippen LogP contribution in [-0.4, -0.2) is 18.0 Å². The number of hydrogen-bond acceptors (Lipinski definition) is 9. The Morgan fingerprint density at radius 2 is 1.16 bits per heavy atom. The van der Waals surface area contributed by atoms with Crippen LogP contribution in [0.1, 0.15) is 96.5 Å². The van der Waals surface area contributed by atoms with E-state index in [0.717, 1.165) is 24.3 Å². The van der Waals surface area contributed by atoms with Crippen molar-refractivity contribution < 1.29 is 14.4 Å². The van der Waals surface area contributed by atoms with E-state index in [9.17, 15) is 10.1 Å². The van der Waals surface area contributed by atoms with Gasteiger partial charge < -0.3 is 14.4 Å². The van der Waals surface area contributed by atoms with Crippen molar-refractivity contribution in [3.8, 4) is 11.5 Å². The van der Waals surface area contributed by atoms with E-state index in [1.165, 1.54) is 120 Å². The van der Waals surface area contributed by atoms with Gasteiger partial charge in [-0.25, -0.2) is 0 Å². The number of benzene rings is 3. The van der Waals surface area contributed by atoms with Gasteiger partial charge >= 0.3 is 0 Å². The van der Waals surface area contributed by atoms with Crippen LogP contribution in [0.2, 0.25) is 0 Å². The fourth-order valence-corrected chi connectivity index (χ4v) is 5.41. The molecule has 0 N–H and O–H groups in total. The van der Waals surface area contributed by atoms with Crippen molar-refractivity contribution in [2.75, 3.05) is 18.0 Å². The minimum absolute atomic E-state index is 0.0328. The Morgan fingerprint density at radius 1 is 0.673 bits per heavy atom. The number of ether oxygens (including phenoxy) is 2. The summed E-state index contributed by atoms with van der Waals surface area (Å²) in [6, 6.07) is 15.4. The molecule has 49 heavy (non-hydrogen) atoms. The first-order chi connectivity index (χ1) is 23.9. The van der Waals surface area contributed by atoms with E-state index < -0.39 is 4.92 Å². The Bertz CT molecular complexity index is 1460. The maximum atomic E-state index is 11.0. The average Bonchev–Trinajstić information content (AvgIpc) is 3.10. The van der Waals surface area contributed by atoms with E-state index in [4.69, 9.17) is 9.47 Å². The highest BCUT2D eigenvalue weighted by molar-refractivity contribution is 5.67. The standard InChI is InChI=1S/C39H52N6O4/c1-6-10-12-14-16-18-26-44(27-19-17-15-13-11-7-2)34-24-25-35(31(5)28-34)41-43-37-30-38(48-8-3)36(29-39(37)49-9-4)42-40-32-20-22-33(23-21-32)45(46)47/h8-9,20-25,28-30H,3-4,6-7,10-19,26-27H2,1-2,5H3/b42-40+,43-41+. The Hall–Kier alpha value is -4.34. The highest BCUT2D eigenvalue weighted by Crippen LogP contribution is 2.42. The predicted molar refractivity (Wildman–Crippen MR) is 199 cm³/mol. The predicted octanol–water partition coefficient (Wildman–Crippen LogP) is 13.0. The lowest BCUT2D eigenvalue weighted by Gasteiger charge is -2.26. The topological polar surface area (TPSA) is 114 Å². The molecule has 0 aliphatic rings. The van der Waals surface area contributed by atoms with Gasteiger partial charge in [-0.05, 0) is 69.5 Å². The van der Waals surface area contributed by atoms with Crippen LogP contribution in [0.25, 0.3) is 0 Å². The van der Waals surface area contributed by atoms with Gasteiger partial charge in [0.15, 0.2) is 0 Å². The van der Waals surface area contributed by atoms with Gasteiger partial charge in [-0.3, -0.25) is 10.1 Å². The van der Waals surface area contributed by atoms with Crippen molar-refractivity contribution in [1.82, 2.24) is 0 Å². The summed E-state index contributed by atoms with van der Waals surface area (Å²) >= 11 is 0. The number of nitrogens with zero attached hydrogens (tertiary/aromatic N) is 6. The van der Waals surface area contributed by atoms with Crippen LogP contribution in [0.4, 0.5) is 34.1 Å². The third kappa shape index (κ3) is 13.6. The number of nitro benzene ring substituents is 1. The van der Waals surface area contributed by atoms with Crippen molar-refractivity contribution >= 4 is 34.1 Å². The maximum Gasteiger partial charge on any atom is 0.269 e. The van der Waals surface area contributed by atoms with Crippen molar-refractivity contribution in [3.05, 3.63) is 97.3 Å². The lowest BCUT2D eigenvalue weighted by molar-refractivity contribution is -0.384. The van der Waals surface area contributed by atoms with E-state index in [-0.39, 0.29) is 5.69 Å². The van der Waals surface area contributed by atoms with Gasteiger partial charge in [-0.15, -0.1) is 10.2 Å². The van der Waals surface area contributed by atoms with Crippen molar-refractivity contribution in [2.45, 2.75) is 97.8 Å². The fourth-order valence-electron chi connectivity index (χ4n) is 5.41. The van der Waals surface area contributed by atoms with Crippen LogP contribution >= 0.6 is 0 Å². The molecule has 0 heterocycles. The van der Waals surface area contributed by atoms with Gasteiger partial charge in [0.2, 0.25) is 0 Å². The van der Waals surface area contributed by atoms with Gasteiger partial charge in [0.25, 0.3) is 5.69 Å². The van der Waals surface area contributed by atoms with E-state index in [1.54, 1.807) is 12.1 Å². The molecule has 0 fully saturated rings. The number of rotatable bonds is 24. The smallest absolute Gasteiger partial charge is 0.269 e. The van der Waals surface area contributed by atoms with Gasteiger partial charge in [-0.1, -0.05) is 78.1 Å². The molecule has 4 radical (unpaired) electrons. The van der Waals surface area contributed by atoms with Crippen LogP contribution in [0.15, 0.2) is 75.1 Å². The molecule has 262 valence electrons. The Balaban J connectivity index is 1.79. The molecule has 0 amide bonds. The van der Waals surface area contributed by atoms with Crippen LogP contribution in [0, 0.1) is 44.1 Å². The zero-order valence-electron chi connectivity index (χ0n) is 29.5. The SMILES string of the molecule is [CH2][CH]Oc1cc(/N=N/c2ccc(N(CCCCCCCC)CCCCCCCC)cc2C)c(O[CH][CH2])cc1/N=N/c1ccc([N+](=O)[O-])cc1. The second-order valence-corrected chi connectivity index (χ2v) is 12.0. The van der Waals surface area contributed by atoms with E-state index in [0.29, 0.717) is 28.6 Å². The van der Waals surface area contributed by atoms with Gasteiger partial charge in [-0.2, -0.15) is 10.2 Å². The summed E-state index contributed by atoms with van der Waals surface area (Å²) in [7, 11) is 0. The molecular weight excluding hydrogens is 616 g/mol. The molecule has 0 aliphatic carbocycles. The van der Waals surface area contributed by atoms with Crippen LogP contribution in [-0.2, 0) is 0 Å². The molecule has 3 aromatic rings. The number of azo groups is 2. The maximum absolute atomic E-state index is 11.0. The van der Waals surface area contributed by atoms with E-state index in [1.807, 2.05) is 6.07 Å². The molecular formula is C39H52N6O4. The molecule has 0 unspecified atom stereocenters. The average molecular weight is 669 g/mol. The molecule has 10 nitrogen and oxygen atoms in total. The lowest BCUT2D eigenvalue weighted by Crippen LogP contribution is -2.25. The molecule has 3 rings (SSSR count). The molecule has 0 spiro atoms. The summed E-state index contributed by atoms with van der Waals surface area (Å²) in [5.41, 5.74) is 4.14. The number of hydrogen-bond donors (Lipinski definition) is 0. The largest absolute Gasteiger partial charge is 0.484 e. The van der Waals surface area contributed by atoms with Crippen molar-refractivity contribution in [3.63, 3.8) is 0 Å². The number of nitro groups is 1. The molecule has 0 aliphatic heterocycles. The highest BCUT2D eigenvalue weighted by Gasteiger charge is 2.14. The monoisotopic (exact) mass is 668 g/mol. The zero-order chi connectivity index (χ0) is 35.3. The molecule has 0 aromatic heterocycles. The summed E-state index contributed by atoms with van der Waals surface area (Å²) in [6.45, 7) is 18.6. The van der Waals surface area contributed by atoms with Crippen molar-refractivity contribution in [2.24, 2.45) is 20.5 Å². The number of non-ortho nitro benzene ring substituents is 1. The Labute approximate surface area is 293 Å². The number of aryl methyl sites for hydroxylation is 1. The first kappa shape index (κ1) is 39.1. The molecule has 0 saturated carbocycles. The van der Waals surface area contributed by atoms with Crippen LogP contribution in [0.3, 0.4) is 0 Å². The van der Waals surface area contributed by atoms with E-state index >= 15 is 0 Å². The fraction of sp³-hybridized carbons (Fsp3) is 0.436. The third-order valence-electron chi connectivity index (χ3n) is 8.17. The summed E-state index contributed by atoms with van der Waals surface area (Å²) in [6.07, 6.45) is 15.4. The quantitative estimate of drug-likeness (QED) is 0.0408. The van der Waals surface area contributed by atoms with Crippen LogP contribution < -0.4 is 14.4 Å². The van der Waals surface area contributed by atoms with Gasteiger partial charge in [0.05, 0.1) is 16.3 Å². The van der Waals surface area contributed by atoms with Gasteiger partial charge in [0, 0.05) is 43.0 Å². The Kier molecular flexibility index (Phi) is 17.8. The van der Waals surface area contributed by atoms with Gasteiger partial charge in [0.1, 0.15) is 36.1 Å². The third-order valence-corrected chi connectivity index (χ3v) is 8.17. The minimum atomic E-state index is -0.470. The number of anilines is 1. The summed E-state index contributed by atoms with van der Waals surface area (Å²) in [4.78, 5) is 13.0. The highest BCUT2D eigenvalue weighted by atomic mass is 16.6. The van der Waals surface area contributed by atoms with E-state index in [2.05, 4.69) is 72.1 Å². The Morgan fingerprint density at radius 3 is 1.65 bits per heavy atom. The van der Waals surface area contributed by atoms with Crippen LogP contribution in [0.5, 0.6) is 11.5 Å². The minimum Gasteiger partial charge on any atom is -0.484 e. The first-order valence-corrected chi connectivity index (χ1v) is 17.6. The second-order valence-electron chi connectivity index (χ2n) is 12.0. The molecule has 10 heteroatoms. The molecule has 0 saturated heterocycles. The normalized spacial score (nSPS) is 11.4. The van der Waals surface area contributed by atoms with Crippen molar-refractivity contribution in [1.29, 1.82) is 0 Å². The summed E-state index contributed by atoms with van der Waals surface area (Å²) in [5.74, 6) is 0.684. The lowest BCUT2D eigenvalue weighted by atomic mass is 10.1. The summed E-state index contributed by atoms with van der Waals surface area (Å²) < 4.78 is 11.3. The molecule has 3 aromatic carbocycles.